The van der Waals surface area contributed by atoms with Gasteiger partial charge >= 0.3 is 0 Å². The summed E-state index contributed by atoms with van der Waals surface area (Å²) in [7, 11) is 1.61. The van der Waals surface area contributed by atoms with Gasteiger partial charge in [-0.1, -0.05) is 0 Å². The third kappa shape index (κ3) is 3.29. The average Bonchev–Trinajstić information content (AvgIpc) is 2.97. The number of carbonyl (C=O) groups excluding carboxylic acids is 1. The minimum absolute atomic E-state index is 0.181. The van der Waals surface area contributed by atoms with Crippen molar-refractivity contribution in [2.24, 2.45) is 7.05 Å². The van der Waals surface area contributed by atoms with Gasteiger partial charge in [0, 0.05) is 36.7 Å². The average molecular weight is 360 g/mol. The molecule has 24 heavy (non-hydrogen) atoms. The zero-order valence-electron chi connectivity index (χ0n) is 13.3. The van der Waals surface area contributed by atoms with Gasteiger partial charge in [0.15, 0.2) is 4.77 Å². The predicted octanol–water partition coefficient (Wildman–Crippen LogP) is 2.33. The molecule has 2 N–H and O–H groups in total. The van der Waals surface area contributed by atoms with Crippen LogP contribution in [-0.4, -0.2) is 27.0 Å². The molecule has 0 atom stereocenters. The predicted molar refractivity (Wildman–Crippen MR) is 97.3 cm³/mol. The number of H-pyrrole nitrogens is 1. The van der Waals surface area contributed by atoms with Crippen LogP contribution >= 0.6 is 23.6 Å². The van der Waals surface area contributed by atoms with E-state index in [-0.39, 0.29) is 11.5 Å². The lowest BCUT2D eigenvalue weighted by Crippen LogP contribution is -2.26. The zero-order chi connectivity index (χ0) is 17.3. The standard InChI is InChI=1S/C16H16N4O2S2/c1-9-8-24-13(18-9)5-6-17-14(21)10-3-4-11-12(7-10)19-16(23)20(2)15(11)22/h3-4,7-8H,5-6H2,1-2H3,(H,17,21)(H,19,23). The van der Waals surface area contributed by atoms with Gasteiger partial charge in [-0.15, -0.1) is 11.3 Å². The Bertz CT molecular complexity index is 1030. The quantitative estimate of drug-likeness (QED) is 0.700. The van der Waals surface area contributed by atoms with Gasteiger partial charge < -0.3 is 10.3 Å². The summed E-state index contributed by atoms with van der Waals surface area (Å²) in [5.41, 5.74) is 1.86. The molecule has 0 spiro atoms. The van der Waals surface area contributed by atoms with Crippen LogP contribution < -0.4 is 10.9 Å². The van der Waals surface area contributed by atoms with Crippen LogP contribution in [0.25, 0.3) is 10.9 Å². The van der Waals surface area contributed by atoms with Crippen molar-refractivity contribution in [3.8, 4) is 0 Å². The normalized spacial score (nSPS) is 10.9. The van der Waals surface area contributed by atoms with E-state index in [0.29, 0.717) is 34.2 Å². The molecule has 0 aliphatic rings. The molecule has 0 unspecified atom stereocenters. The third-order valence-electron chi connectivity index (χ3n) is 3.65. The van der Waals surface area contributed by atoms with Gasteiger partial charge in [-0.2, -0.15) is 0 Å². The number of thiazole rings is 1. The molecule has 6 nitrogen and oxygen atoms in total. The lowest BCUT2D eigenvalue weighted by Gasteiger charge is -2.06. The lowest BCUT2D eigenvalue weighted by atomic mass is 10.1. The van der Waals surface area contributed by atoms with E-state index in [9.17, 15) is 9.59 Å². The number of amides is 1. The van der Waals surface area contributed by atoms with Crippen molar-refractivity contribution in [3.63, 3.8) is 0 Å². The van der Waals surface area contributed by atoms with Gasteiger partial charge in [0.2, 0.25) is 0 Å². The molecule has 0 fully saturated rings. The molecule has 2 aromatic heterocycles. The maximum absolute atomic E-state index is 12.3. The fourth-order valence-electron chi connectivity index (χ4n) is 2.35. The molecule has 0 bridgehead atoms. The Morgan fingerprint density at radius 1 is 1.46 bits per heavy atom. The molecule has 124 valence electrons. The van der Waals surface area contributed by atoms with Crippen molar-refractivity contribution in [1.29, 1.82) is 0 Å². The van der Waals surface area contributed by atoms with E-state index in [1.807, 2.05) is 12.3 Å². The molecule has 3 rings (SSSR count). The second kappa shape index (κ2) is 6.66. The maximum atomic E-state index is 12.3. The molecule has 0 radical (unpaired) electrons. The van der Waals surface area contributed by atoms with E-state index in [0.717, 1.165) is 10.7 Å². The first-order valence-electron chi connectivity index (χ1n) is 7.38. The SMILES string of the molecule is Cc1csc(CCNC(=O)c2ccc3c(=O)n(C)c(=S)[nH]c3c2)n1. The number of aryl methyl sites for hydroxylation is 1. The van der Waals surface area contributed by atoms with E-state index in [4.69, 9.17) is 12.2 Å². The van der Waals surface area contributed by atoms with Crippen LogP contribution in [0.2, 0.25) is 0 Å². The lowest BCUT2D eigenvalue weighted by molar-refractivity contribution is 0.0954. The largest absolute Gasteiger partial charge is 0.352 e. The first-order chi connectivity index (χ1) is 11.5. The van der Waals surface area contributed by atoms with Gasteiger partial charge in [-0.3, -0.25) is 14.2 Å². The van der Waals surface area contributed by atoms with Crippen LogP contribution in [0.4, 0.5) is 0 Å². The number of hydrogen-bond donors (Lipinski definition) is 2. The molecule has 3 aromatic rings. The molecule has 0 saturated heterocycles. The number of nitrogens with one attached hydrogen (secondary N) is 2. The van der Waals surface area contributed by atoms with Gasteiger partial charge in [0.1, 0.15) is 0 Å². The fraction of sp³-hybridized carbons (Fsp3) is 0.250. The van der Waals surface area contributed by atoms with Crippen LogP contribution in [-0.2, 0) is 13.5 Å². The summed E-state index contributed by atoms with van der Waals surface area (Å²) in [5.74, 6) is -0.190. The number of hydrogen-bond acceptors (Lipinski definition) is 5. The highest BCUT2D eigenvalue weighted by Gasteiger charge is 2.09. The molecular formula is C16H16N4O2S2. The van der Waals surface area contributed by atoms with E-state index in [2.05, 4.69) is 15.3 Å². The van der Waals surface area contributed by atoms with Crippen molar-refractivity contribution in [2.75, 3.05) is 6.54 Å². The van der Waals surface area contributed by atoms with E-state index in [1.165, 1.54) is 4.57 Å². The number of nitrogens with zero attached hydrogens (tertiary/aromatic N) is 2. The number of carbonyl (C=O) groups is 1. The second-order valence-corrected chi connectivity index (χ2v) is 6.77. The first kappa shape index (κ1) is 16.5. The van der Waals surface area contributed by atoms with Crippen molar-refractivity contribution < 1.29 is 4.79 Å². The maximum Gasteiger partial charge on any atom is 0.261 e. The summed E-state index contributed by atoms with van der Waals surface area (Å²) < 4.78 is 1.69. The van der Waals surface area contributed by atoms with E-state index in [1.54, 1.807) is 36.6 Å². The third-order valence-corrected chi connectivity index (χ3v) is 5.06. The summed E-state index contributed by atoms with van der Waals surface area (Å²) in [5, 5.41) is 6.36. The number of aromatic amines is 1. The number of rotatable bonds is 4. The first-order valence-corrected chi connectivity index (χ1v) is 8.67. The summed E-state index contributed by atoms with van der Waals surface area (Å²) in [6.07, 6.45) is 0.695. The molecule has 8 heteroatoms. The van der Waals surface area contributed by atoms with Gasteiger partial charge in [0.25, 0.3) is 11.5 Å². The Kier molecular flexibility index (Phi) is 4.59. The van der Waals surface area contributed by atoms with Crippen molar-refractivity contribution in [2.45, 2.75) is 13.3 Å². The highest BCUT2D eigenvalue weighted by Crippen LogP contribution is 2.11. The molecule has 0 saturated carbocycles. The Balaban J connectivity index is 1.76. The zero-order valence-corrected chi connectivity index (χ0v) is 14.9. The monoisotopic (exact) mass is 360 g/mol. The van der Waals surface area contributed by atoms with Crippen LogP contribution in [0.5, 0.6) is 0 Å². The molecule has 1 amide bonds. The Morgan fingerprint density at radius 2 is 2.25 bits per heavy atom. The van der Waals surface area contributed by atoms with Gasteiger partial charge in [0.05, 0.1) is 15.9 Å². The number of aromatic nitrogens is 3. The molecule has 0 aliphatic carbocycles. The van der Waals surface area contributed by atoms with E-state index < -0.39 is 0 Å². The van der Waals surface area contributed by atoms with Crippen molar-refractivity contribution in [3.05, 3.63) is 55.0 Å². The molecule has 1 aromatic carbocycles. The Morgan fingerprint density at radius 3 is 2.96 bits per heavy atom. The summed E-state index contributed by atoms with van der Waals surface area (Å²) in [4.78, 5) is 31.7. The summed E-state index contributed by atoms with van der Waals surface area (Å²) in [6.45, 7) is 2.46. The summed E-state index contributed by atoms with van der Waals surface area (Å²) >= 11 is 6.69. The Hall–Kier alpha value is -2.32. The Labute approximate surface area is 147 Å². The minimum Gasteiger partial charge on any atom is -0.352 e. The fourth-order valence-corrected chi connectivity index (χ4v) is 3.32. The summed E-state index contributed by atoms with van der Waals surface area (Å²) in [6, 6.07) is 4.93. The van der Waals surface area contributed by atoms with Gasteiger partial charge in [-0.25, -0.2) is 4.98 Å². The van der Waals surface area contributed by atoms with Crippen LogP contribution in [0.1, 0.15) is 21.1 Å². The van der Waals surface area contributed by atoms with Crippen LogP contribution in [0, 0.1) is 11.7 Å². The minimum atomic E-state index is -0.190. The highest BCUT2D eigenvalue weighted by atomic mass is 32.1. The number of fused-ring (bicyclic) bond motifs is 1. The number of benzene rings is 1. The van der Waals surface area contributed by atoms with E-state index >= 15 is 0 Å². The van der Waals surface area contributed by atoms with Gasteiger partial charge in [-0.05, 0) is 37.3 Å². The van der Waals surface area contributed by atoms with Crippen LogP contribution in [0.3, 0.4) is 0 Å². The smallest absolute Gasteiger partial charge is 0.261 e. The highest BCUT2D eigenvalue weighted by molar-refractivity contribution is 7.71. The molecular weight excluding hydrogens is 344 g/mol. The second-order valence-electron chi connectivity index (χ2n) is 5.44. The van der Waals surface area contributed by atoms with Crippen molar-refractivity contribution >= 4 is 40.4 Å². The van der Waals surface area contributed by atoms with Crippen LogP contribution in [0.15, 0.2) is 28.4 Å². The topological polar surface area (TPSA) is 79.8 Å². The molecule has 2 heterocycles. The van der Waals surface area contributed by atoms with Crippen molar-refractivity contribution in [1.82, 2.24) is 19.9 Å². The molecule has 0 aliphatic heterocycles.